The molecule has 0 spiro atoms. The smallest absolute Gasteiger partial charge is 0.243 e. The molecule has 4 fully saturated rings. The minimum atomic E-state index is -3.92. The van der Waals surface area contributed by atoms with Crippen molar-refractivity contribution in [2.45, 2.75) is 217 Å². The number of fused-ring (bicyclic) bond motifs is 4. The maximum atomic E-state index is 13.2. The fraction of sp³-hybridized carbons (Fsp3) is 0.437. The van der Waals surface area contributed by atoms with Gasteiger partial charge in [0.2, 0.25) is 55.1 Å². The molecule has 1 unspecified atom stereocenters. The lowest BCUT2D eigenvalue weighted by molar-refractivity contribution is 0.393. The van der Waals surface area contributed by atoms with Gasteiger partial charge in [-0.15, -0.1) is 0 Å². The van der Waals surface area contributed by atoms with Crippen molar-refractivity contribution in [3.05, 3.63) is 99.1 Å². The number of aryl methyl sites for hydroxylation is 8. The third-order valence-corrected chi connectivity index (χ3v) is 28.7. The Labute approximate surface area is 647 Å². The summed E-state index contributed by atoms with van der Waals surface area (Å²) in [6.07, 6.45) is 19.3. The monoisotopic (exact) mass is 1660 g/mol. The minimum absolute atomic E-state index is 0.00765. The highest BCUT2D eigenvalue weighted by atomic mass is 32.2. The largest absolute Gasteiger partial charge is 0.361 e. The summed E-state index contributed by atoms with van der Waals surface area (Å²) in [6, 6.07) is 13.4. The van der Waals surface area contributed by atoms with Gasteiger partial charge in [-0.25, -0.2) is 75.9 Å². The van der Waals surface area contributed by atoms with Gasteiger partial charge in [0, 0.05) is 58.9 Å². The predicted octanol–water partition coefficient (Wildman–Crippen LogP) is 12.7. The SMILES string of the molecule is CSc1nc2c(S(=O)(=O)NC3CCCC3)cc(-c3c(C)noc3C)cc2[nH]1.Cc1noc(C)c1-c1cc(S(=O)(=O)NC2CCCC2)c2[nH]c(=S)[nH]c2c1.Cc1noc(C)c1-c1cc(S(=O)(=O)NC2CCCC2)c2nc(S(C)(=O)=O)[nH]c2c1.Cc1noc(C)c1-c1cc(S(=O)(=O)NC2CCCC2)c2nc(S(C)=O)[nH]c2c1. The maximum absolute atomic E-state index is 13.2. The van der Waals surface area contributed by atoms with Crippen molar-refractivity contribution in [1.82, 2.24) is 79.4 Å². The van der Waals surface area contributed by atoms with Gasteiger partial charge >= 0.3 is 0 Å². The Morgan fingerprint density at radius 1 is 0.418 bits per heavy atom. The molecule has 12 aromatic rings. The van der Waals surface area contributed by atoms with Gasteiger partial charge in [0.05, 0.1) is 61.2 Å². The number of imidazole rings is 4. The van der Waals surface area contributed by atoms with E-state index in [9.17, 15) is 46.3 Å². The van der Waals surface area contributed by atoms with E-state index in [1.54, 1.807) is 58.0 Å². The van der Waals surface area contributed by atoms with Crippen molar-refractivity contribution >= 4 is 129 Å². The highest BCUT2D eigenvalue weighted by molar-refractivity contribution is 7.98. The lowest BCUT2D eigenvalue weighted by Gasteiger charge is -2.14. The molecule has 0 radical (unpaired) electrons. The van der Waals surface area contributed by atoms with Crippen molar-refractivity contribution in [1.29, 1.82) is 0 Å². The molecule has 0 bridgehead atoms. The number of aromatic nitrogens is 12. The standard InChI is InChI=1S/C18H22N4O5S2.C18H22N4O4S2.C18H22N4O3S2.C17H20N4O3S2/c1-10-16(11(2)27-21-10)12-8-14-17(20-18(19-14)28(3,23)24)15(9-12)29(25,26)22-13-6-4-5-7-13;1-10-16(11(2)26-21-10)12-8-14-17(20-18(19-14)27(3)23)15(9-12)28(24,25)22-13-6-4-5-7-13;1-10-16(11(2)25-21-10)12-8-14-17(20-18(19-14)26-3)15(9-12)27(23,24)22-13-6-4-5-7-13;1-9-15(10(2)24-20-9)11-7-13-16(19-17(25)18-13)14(8-11)26(22,23)21-12-5-3-4-6-12/h8-9,13,22H,4-7H2,1-3H3,(H,19,20);8-9,13,22H,4-7H2,1-3H3,(H,19,20);8-9,13,22H,4-7H2,1-3H3,(H,19,20);7-8,12,21H,3-6H2,1-2H3,(H2,18,19,25). The Morgan fingerprint density at radius 3 is 1.05 bits per heavy atom. The first-order valence-corrected chi connectivity index (χ1v) is 46.8. The van der Waals surface area contributed by atoms with E-state index >= 15 is 0 Å². The molecule has 588 valence electrons. The van der Waals surface area contributed by atoms with E-state index in [1.165, 1.54) is 24.1 Å². The van der Waals surface area contributed by atoms with Gasteiger partial charge in [-0.05, 0) is 196 Å². The van der Waals surface area contributed by atoms with E-state index < -0.39 is 60.7 Å². The second kappa shape index (κ2) is 31.8. The summed E-state index contributed by atoms with van der Waals surface area (Å²) < 4.78 is 174. The minimum Gasteiger partial charge on any atom is -0.361 e. The van der Waals surface area contributed by atoms with Crippen LogP contribution in [-0.2, 0) is 60.7 Å². The Bertz CT molecular complexity index is 6120. The summed E-state index contributed by atoms with van der Waals surface area (Å²) in [6.45, 7) is 14.4. The zero-order valence-electron chi connectivity index (χ0n) is 62.3. The number of sulfone groups is 1. The zero-order chi connectivity index (χ0) is 78.7. The van der Waals surface area contributed by atoms with Crippen LogP contribution in [0.1, 0.15) is 149 Å². The van der Waals surface area contributed by atoms with Crippen LogP contribution < -0.4 is 18.9 Å². The molecule has 16 rings (SSSR count). The molecule has 110 heavy (non-hydrogen) atoms. The van der Waals surface area contributed by atoms with Gasteiger partial charge in [0.25, 0.3) is 0 Å². The number of aromatic amines is 5. The molecule has 8 aromatic heterocycles. The number of hydrogen-bond donors (Lipinski definition) is 9. The van der Waals surface area contributed by atoms with Crippen molar-refractivity contribution in [2.24, 2.45) is 0 Å². The van der Waals surface area contributed by atoms with E-state index in [4.69, 9.17) is 30.3 Å². The average Bonchev–Trinajstić information content (AvgIpc) is 1.60. The predicted molar refractivity (Wildman–Crippen MR) is 419 cm³/mol. The fourth-order valence-corrected chi connectivity index (χ4v) is 22.6. The summed E-state index contributed by atoms with van der Waals surface area (Å²) >= 11 is 6.62. The van der Waals surface area contributed by atoms with E-state index in [-0.39, 0.29) is 65.1 Å². The van der Waals surface area contributed by atoms with Crippen molar-refractivity contribution in [3.8, 4) is 44.5 Å². The van der Waals surface area contributed by atoms with Gasteiger partial charge in [0.15, 0.2) is 15.1 Å². The second-order valence-corrected chi connectivity index (χ2v) is 39.5. The fourth-order valence-electron chi connectivity index (χ4n) is 15.0. The third kappa shape index (κ3) is 17.0. The number of rotatable bonds is 19. The molecule has 0 amide bonds. The number of nitrogens with one attached hydrogen (secondary N) is 9. The first-order valence-electron chi connectivity index (χ1n) is 35.8. The Hall–Kier alpha value is -8.09. The highest BCUT2D eigenvalue weighted by Gasteiger charge is 2.34. The van der Waals surface area contributed by atoms with Crippen molar-refractivity contribution < 1.29 is 64.4 Å². The molecule has 31 nitrogen and oxygen atoms in total. The topological polar surface area (TPSA) is 458 Å². The molecule has 4 aliphatic rings. The normalized spacial score (nSPS) is 16.2. The Kier molecular flexibility index (Phi) is 23.1. The number of hydrogen-bond acceptors (Lipinski definition) is 24. The molecule has 4 aromatic carbocycles. The molecule has 9 N–H and O–H groups in total. The molecule has 0 aliphatic heterocycles. The van der Waals surface area contributed by atoms with Crippen LogP contribution in [-0.4, -0.2) is 150 Å². The average molecular weight is 1660 g/mol. The van der Waals surface area contributed by atoms with Crippen LogP contribution in [0.15, 0.2) is 102 Å². The van der Waals surface area contributed by atoms with Gasteiger partial charge < -0.3 is 43.0 Å². The van der Waals surface area contributed by atoms with E-state index in [0.29, 0.717) is 99.8 Å². The molecule has 1 atom stereocenters. The molecular formula is C71H86N16O15S8. The number of H-pyrrole nitrogens is 5. The summed E-state index contributed by atoms with van der Waals surface area (Å²) in [5.41, 5.74) is 11.9. The lowest BCUT2D eigenvalue weighted by atomic mass is 10.0. The highest BCUT2D eigenvalue weighted by Crippen LogP contribution is 2.40. The molecular weight excluding hydrogens is 1570 g/mol. The molecule has 4 aliphatic carbocycles. The van der Waals surface area contributed by atoms with Crippen molar-refractivity contribution in [3.63, 3.8) is 0 Å². The quantitative estimate of drug-likeness (QED) is 0.0268. The number of nitrogens with zero attached hydrogens (tertiary/aromatic N) is 7. The maximum Gasteiger partial charge on any atom is 0.243 e. The van der Waals surface area contributed by atoms with E-state index in [0.717, 1.165) is 143 Å². The zero-order valence-corrected chi connectivity index (χ0v) is 68.8. The third-order valence-electron chi connectivity index (χ3n) is 20.1. The van der Waals surface area contributed by atoms with Crippen LogP contribution in [0, 0.1) is 60.2 Å². The summed E-state index contributed by atoms with van der Waals surface area (Å²) in [4.78, 5) is 28.2. The van der Waals surface area contributed by atoms with Crippen LogP contribution in [0.5, 0.6) is 0 Å². The number of thioether (sulfide) groups is 1. The number of benzene rings is 4. The number of sulfonamides is 4. The summed E-state index contributed by atoms with van der Waals surface area (Å²) in [7, 11) is -20.1. The van der Waals surface area contributed by atoms with Gasteiger partial charge in [-0.2, -0.15) is 0 Å². The van der Waals surface area contributed by atoms with Crippen LogP contribution in [0.2, 0.25) is 0 Å². The van der Waals surface area contributed by atoms with Gasteiger partial charge in [-0.3, -0.25) is 4.21 Å². The molecule has 4 saturated carbocycles. The molecule has 39 heteroatoms. The molecule has 8 heterocycles. The van der Waals surface area contributed by atoms with E-state index in [1.807, 2.05) is 46.1 Å². The summed E-state index contributed by atoms with van der Waals surface area (Å²) in [5, 5.41) is 16.5. The second-order valence-electron chi connectivity index (χ2n) is 28.4. The van der Waals surface area contributed by atoms with E-state index in [2.05, 4.69) is 79.4 Å². The van der Waals surface area contributed by atoms with Crippen LogP contribution in [0.25, 0.3) is 88.6 Å². The first kappa shape index (κ1) is 80.0. The Balaban J connectivity index is 0.000000129. The lowest BCUT2D eigenvalue weighted by Crippen LogP contribution is -2.32. The van der Waals surface area contributed by atoms with Crippen LogP contribution in [0.4, 0.5) is 0 Å². The van der Waals surface area contributed by atoms with Gasteiger partial charge in [-0.1, -0.05) is 83.8 Å². The summed E-state index contributed by atoms with van der Waals surface area (Å²) in [5.74, 6) is 2.44. The van der Waals surface area contributed by atoms with Crippen LogP contribution in [0.3, 0.4) is 0 Å². The van der Waals surface area contributed by atoms with Gasteiger partial charge in [0.1, 0.15) is 59.2 Å². The van der Waals surface area contributed by atoms with Crippen molar-refractivity contribution in [2.75, 3.05) is 18.8 Å². The first-order chi connectivity index (χ1) is 52.1. The van der Waals surface area contributed by atoms with Crippen LogP contribution >= 0.6 is 24.0 Å². The Morgan fingerprint density at radius 2 is 0.727 bits per heavy atom. The molecule has 0 saturated heterocycles.